The molecule has 1 fully saturated rings. The Labute approximate surface area is 180 Å². The van der Waals surface area contributed by atoms with Gasteiger partial charge in [0.15, 0.2) is 11.5 Å². The van der Waals surface area contributed by atoms with Crippen LogP contribution < -0.4 is 14.4 Å². The molecule has 2 aliphatic rings. The number of amides is 1. The molecule has 0 radical (unpaired) electrons. The van der Waals surface area contributed by atoms with E-state index in [2.05, 4.69) is 0 Å². The molecule has 0 spiro atoms. The van der Waals surface area contributed by atoms with Crippen molar-refractivity contribution >= 4 is 23.1 Å². The lowest BCUT2D eigenvalue weighted by Gasteiger charge is -2.23. The van der Waals surface area contributed by atoms with E-state index in [-0.39, 0.29) is 29.4 Å². The normalized spacial score (nSPS) is 19.1. The van der Waals surface area contributed by atoms with Gasteiger partial charge in [-0.1, -0.05) is 0 Å². The minimum atomic E-state index is -1.27. The van der Waals surface area contributed by atoms with Gasteiger partial charge in [0.05, 0.1) is 11.3 Å². The molecule has 1 N–H and O–H groups in total. The first-order chi connectivity index (χ1) is 15.3. The predicted molar refractivity (Wildman–Crippen MR) is 107 cm³/mol. The van der Waals surface area contributed by atoms with Crippen LogP contribution in [0.4, 0.5) is 14.5 Å². The number of aliphatic hydroxyl groups is 1. The van der Waals surface area contributed by atoms with Crippen molar-refractivity contribution in [2.75, 3.05) is 11.7 Å². The molecule has 9 heteroatoms. The van der Waals surface area contributed by atoms with Crippen LogP contribution in [-0.2, 0) is 9.59 Å². The summed E-state index contributed by atoms with van der Waals surface area (Å²) >= 11 is 0. The highest BCUT2D eigenvalue weighted by Crippen LogP contribution is 2.44. The fourth-order valence-corrected chi connectivity index (χ4v) is 3.83. The number of aryl methyl sites for hydroxylation is 1. The van der Waals surface area contributed by atoms with Gasteiger partial charge in [-0.05, 0) is 49.4 Å². The molecule has 3 heterocycles. The van der Waals surface area contributed by atoms with Gasteiger partial charge in [0.2, 0.25) is 6.79 Å². The summed E-state index contributed by atoms with van der Waals surface area (Å²) in [5.74, 6) is -3.06. The molecule has 1 amide bonds. The van der Waals surface area contributed by atoms with E-state index in [9.17, 15) is 23.5 Å². The highest BCUT2D eigenvalue weighted by atomic mass is 19.1. The molecular formula is C23H15F2NO6. The van der Waals surface area contributed by atoms with Gasteiger partial charge in [0.25, 0.3) is 11.7 Å². The van der Waals surface area contributed by atoms with Crippen molar-refractivity contribution in [2.24, 2.45) is 0 Å². The molecule has 2 aromatic carbocycles. The molecule has 1 atom stereocenters. The Morgan fingerprint density at radius 2 is 1.81 bits per heavy atom. The average Bonchev–Trinajstić information content (AvgIpc) is 3.46. The van der Waals surface area contributed by atoms with Gasteiger partial charge in [0, 0.05) is 11.6 Å². The second-order valence-electron chi connectivity index (χ2n) is 7.28. The maximum Gasteiger partial charge on any atom is 0.300 e. The van der Waals surface area contributed by atoms with E-state index in [4.69, 9.17) is 13.9 Å². The predicted octanol–water partition coefficient (Wildman–Crippen LogP) is 4.22. The SMILES string of the molecule is Cc1ccc(C2/C(=C(/O)c3ccc4c(c3)OCO4)C(=O)C(=O)N2c2ccc(F)cc2F)o1. The van der Waals surface area contributed by atoms with E-state index in [1.807, 2.05) is 0 Å². The van der Waals surface area contributed by atoms with Crippen LogP contribution in [0.3, 0.4) is 0 Å². The first-order valence-corrected chi connectivity index (χ1v) is 9.57. The van der Waals surface area contributed by atoms with E-state index in [0.29, 0.717) is 23.3 Å². The van der Waals surface area contributed by atoms with Gasteiger partial charge in [-0.15, -0.1) is 0 Å². The number of carbonyl (C=O) groups is 2. The first-order valence-electron chi connectivity index (χ1n) is 9.57. The number of fused-ring (bicyclic) bond motifs is 1. The number of halogens is 2. The van der Waals surface area contributed by atoms with Crippen molar-refractivity contribution in [3.05, 3.63) is 82.8 Å². The number of aliphatic hydroxyl groups excluding tert-OH is 1. The van der Waals surface area contributed by atoms with Crippen LogP contribution in [0.1, 0.15) is 23.1 Å². The summed E-state index contributed by atoms with van der Waals surface area (Å²) in [6.07, 6.45) is 0. The number of hydrogen-bond donors (Lipinski definition) is 1. The molecule has 2 aliphatic heterocycles. The Hall–Kier alpha value is -4.14. The van der Waals surface area contributed by atoms with Crippen LogP contribution in [0.2, 0.25) is 0 Å². The van der Waals surface area contributed by atoms with Crippen LogP contribution in [0, 0.1) is 18.6 Å². The number of benzene rings is 2. The third-order valence-corrected chi connectivity index (χ3v) is 5.29. The number of carbonyl (C=O) groups excluding carboxylic acids is 2. The third-order valence-electron chi connectivity index (χ3n) is 5.29. The second-order valence-corrected chi connectivity index (χ2v) is 7.28. The van der Waals surface area contributed by atoms with Gasteiger partial charge in [-0.25, -0.2) is 8.78 Å². The van der Waals surface area contributed by atoms with Gasteiger partial charge in [-0.2, -0.15) is 0 Å². The van der Waals surface area contributed by atoms with Crippen molar-refractivity contribution in [2.45, 2.75) is 13.0 Å². The Bertz CT molecular complexity index is 1310. The van der Waals surface area contributed by atoms with E-state index >= 15 is 0 Å². The topological polar surface area (TPSA) is 89.2 Å². The lowest BCUT2D eigenvalue weighted by molar-refractivity contribution is -0.132. The van der Waals surface area contributed by atoms with Crippen LogP contribution in [-0.4, -0.2) is 23.6 Å². The molecular weight excluding hydrogens is 424 g/mol. The number of Topliss-reactive ketones (excluding diaryl/α,β-unsaturated/α-hetero) is 1. The van der Waals surface area contributed by atoms with Gasteiger partial charge in [0.1, 0.15) is 35.0 Å². The zero-order valence-electron chi connectivity index (χ0n) is 16.6. The number of ketones is 1. The third kappa shape index (κ3) is 3.01. The Balaban J connectivity index is 1.71. The Morgan fingerprint density at radius 3 is 2.53 bits per heavy atom. The number of furan rings is 1. The summed E-state index contributed by atoms with van der Waals surface area (Å²) in [4.78, 5) is 26.8. The maximum absolute atomic E-state index is 14.6. The highest BCUT2D eigenvalue weighted by Gasteiger charge is 2.49. The molecule has 162 valence electrons. The summed E-state index contributed by atoms with van der Waals surface area (Å²) in [5.41, 5.74) is -0.427. The van der Waals surface area contributed by atoms with E-state index in [0.717, 1.165) is 17.0 Å². The number of ether oxygens (including phenoxy) is 2. The Morgan fingerprint density at radius 1 is 1.03 bits per heavy atom. The molecule has 1 saturated heterocycles. The number of rotatable bonds is 3. The lowest BCUT2D eigenvalue weighted by atomic mass is 9.99. The Kier molecular flexibility index (Phi) is 4.47. The molecule has 1 unspecified atom stereocenters. The summed E-state index contributed by atoms with van der Waals surface area (Å²) in [7, 11) is 0. The minimum Gasteiger partial charge on any atom is -0.507 e. The molecule has 5 rings (SSSR count). The van der Waals surface area contributed by atoms with Crippen LogP contribution >= 0.6 is 0 Å². The van der Waals surface area contributed by atoms with E-state index in [1.165, 1.54) is 18.2 Å². The summed E-state index contributed by atoms with van der Waals surface area (Å²) in [5, 5.41) is 11.0. The molecule has 1 aromatic heterocycles. The second kappa shape index (κ2) is 7.23. The number of anilines is 1. The van der Waals surface area contributed by atoms with E-state index in [1.54, 1.807) is 19.1 Å². The zero-order chi connectivity index (χ0) is 22.6. The zero-order valence-corrected chi connectivity index (χ0v) is 16.6. The van der Waals surface area contributed by atoms with Gasteiger partial charge < -0.3 is 19.0 Å². The van der Waals surface area contributed by atoms with Crippen molar-refractivity contribution < 1.29 is 37.4 Å². The van der Waals surface area contributed by atoms with Crippen LogP contribution in [0.5, 0.6) is 11.5 Å². The monoisotopic (exact) mass is 439 g/mol. The summed E-state index contributed by atoms with van der Waals surface area (Å²) in [6.45, 7) is 1.67. The molecule has 7 nitrogen and oxygen atoms in total. The summed E-state index contributed by atoms with van der Waals surface area (Å²) in [6, 6.07) is 9.02. The molecule has 0 bridgehead atoms. The fraction of sp³-hybridized carbons (Fsp3) is 0.130. The van der Waals surface area contributed by atoms with E-state index < -0.39 is 35.1 Å². The lowest BCUT2D eigenvalue weighted by Crippen LogP contribution is -2.30. The first kappa shape index (κ1) is 19.8. The molecule has 0 saturated carbocycles. The smallest absolute Gasteiger partial charge is 0.300 e. The van der Waals surface area contributed by atoms with Crippen LogP contribution in [0.25, 0.3) is 5.76 Å². The van der Waals surface area contributed by atoms with Gasteiger partial charge in [-0.3, -0.25) is 14.5 Å². The molecule has 3 aromatic rings. The maximum atomic E-state index is 14.6. The molecule has 0 aliphatic carbocycles. The van der Waals surface area contributed by atoms with Crippen molar-refractivity contribution in [1.82, 2.24) is 0 Å². The van der Waals surface area contributed by atoms with Crippen LogP contribution in [0.15, 0.2) is 58.5 Å². The number of hydrogen-bond acceptors (Lipinski definition) is 6. The van der Waals surface area contributed by atoms with Crippen molar-refractivity contribution in [3.63, 3.8) is 0 Å². The quantitative estimate of drug-likeness (QED) is 0.373. The largest absolute Gasteiger partial charge is 0.507 e. The van der Waals surface area contributed by atoms with Gasteiger partial charge >= 0.3 is 0 Å². The fourth-order valence-electron chi connectivity index (χ4n) is 3.83. The summed E-state index contributed by atoms with van der Waals surface area (Å²) < 4.78 is 44.3. The standard InChI is InChI=1S/C23H15F2NO6/c1-11-2-6-17(32-11)20-19(21(27)12-3-7-16-18(8-12)31-10-30-16)22(28)23(29)26(20)15-5-4-13(24)9-14(15)25/h2-9,20,27H,10H2,1H3/b21-19-. The van der Waals surface area contributed by atoms with Crippen molar-refractivity contribution in [3.8, 4) is 11.5 Å². The highest BCUT2D eigenvalue weighted by molar-refractivity contribution is 6.51. The molecule has 32 heavy (non-hydrogen) atoms. The van der Waals surface area contributed by atoms with Crippen molar-refractivity contribution in [1.29, 1.82) is 0 Å². The average molecular weight is 439 g/mol. The minimum absolute atomic E-state index is 0.0133. The number of nitrogens with zero attached hydrogens (tertiary/aromatic N) is 1.